The van der Waals surface area contributed by atoms with Crippen molar-refractivity contribution in [1.29, 1.82) is 0 Å². The first-order valence-electron chi connectivity index (χ1n) is 6.82. The van der Waals surface area contributed by atoms with Crippen LogP contribution in [0.5, 0.6) is 0 Å². The monoisotopic (exact) mass is 286 g/mol. The third-order valence-corrected chi connectivity index (χ3v) is 5.50. The molecule has 108 valence electrons. The highest BCUT2D eigenvalue weighted by Crippen LogP contribution is 2.33. The zero-order chi connectivity index (χ0) is 14.0. The minimum Gasteiger partial charge on any atom is -0.381 e. The van der Waals surface area contributed by atoms with Gasteiger partial charge in [0.25, 0.3) is 0 Å². The average molecular weight is 286 g/mol. The molecule has 0 amide bonds. The summed E-state index contributed by atoms with van der Waals surface area (Å²) in [5, 5.41) is 7.80. The van der Waals surface area contributed by atoms with Gasteiger partial charge in [-0.25, -0.2) is 13.1 Å². The Labute approximate surface area is 114 Å². The molecule has 6 nitrogen and oxygen atoms in total. The van der Waals surface area contributed by atoms with E-state index >= 15 is 0 Å². The van der Waals surface area contributed by atoms with Crippen LogP contribution >= 0.6 is 0 Å². The van der Waals surface area contributed by atoms with Crippen molar-refractivity contribution >= 4 is 15.7 Å². The number of rotatable bonds is 4. The molecule has 1 fully saturated rings. The Kier molecular flexibility index (Phi) is 4.13. The number of sulfone groups is 1. The highest BCUT2D eigenvalue weighted by Gasteiger charge is 2.31. The van der Waals surface area contributed by atoms with Crippen molar-refractivity contribution in [1.82, 2.24) is 15.0 Å². The average Bonchev–Trinajstić information content (AvgIpc) is 2.71. The highest BCUT2D eigenvalue weighted by molar-refractivity contribution is 7.91. The molecule has 2 rings (SSSR count). The minimum absolute atomic E-state index is 0.111. The lowest BCUT2D eigenvalue weighted by molar-refractivity contribution is 0.317. The summed E-state index contributed by atoms with van der Waals surface area (Å²) in [6.45, 7) is 2.08. The first-order valence-corrected chi connectivity index (χ1v) is 8.77. The van der Waals surface area contributed by atoms with Crippen molar-refractivity contribution in [3.63, 3.8) is 0 Å². The molecule has 2 N–H and O–H groups in total. The van der Waals surface area contributed by atoms with E-state index in [1.54, 1.807) is 0 Å². The molecule has 0 bridgehead atoms. The fraction of sp³-hybridized carbons (Fsp3) is 0.833. The van der Waals surface area contributed by atoms with Gasteiger partial charge in [0.1, 0.15) is 9.84 Å². The van der Waals surface area contributed by atoms with Gasteiger partial charge in [-0.1, -0.05) is 25.0 Å². The molecule has 1 aromatic heterocycles. The Balaban J connectivity index is 2.22. The molecular weight excluding hydrogens is 264 g/mol. The first kappa shape index (κ1) is 14.3. The summed E-state index contributed by atoms with van der Waals surface area (Å²) in [6.07, 6.45) is 6.36. The molecule has 1 aromatic rings. The number of anilines is 1. The molecule has 0 spiro atoms. The van der Waals surface area contributed by atoms with Crippen molar-refractivity contribution in [3.05, 3.63) is 5.69 Å². The van der Waals surface area contributed by atoms with Crippen LogP contribution in [0.15, 0.2) is 0 Å². The molecule has 1 heterocycles. The van der Waals surface area contributed by atoms with Gasteiger partial charge in [-0.15, -0.1) is 5.10 Å². The highest BCUT2D eigenvalue weighted by atomic mass is 32.2. The first-order chi connectivity index (χ1) is 8.93. The Morgan fingerprint density at radius 2 is 2.16 bits per heavy atom. The zero-order valence-corrected chi connectivity index (χ0v) is 12.4. The van der Waals surface area contributed by atoms with Crippen LogP contribution in [-0.2, 0) is 16.3 Å². The third-order valence-electron chi connectivity index (χ3n) is 3.86. The predicted molar refractivity (Wildman–Crippen MR) is 74.6 cm³/mol. The summed E-state index contributed by atoms with van der Waals surface area (Å²) in [6, 6.07) is 0.111. The Hall–Kier alpha value is -1.11. The maximum Gasteiger partial charge on any atom is 0.169 e. The molecular formula is C12H22N4O2S. The lowest BCUT2D eigenvalue weighted by Crippen LogP contribution is -2.30. The van der Waals surface area contributed by atoms with Gasteiger partial charge in [0, 0.05) is 6.26 Å². The second-order valence-electron chi connectivity index (χ2n) is 5.39. The van der Waals surface area contributed by atoms with Gasteiger partial charge in [-0.2, -0.15) is 0 Å². The Bertz CT molecular complexity index is 538. The fourth-order valence-electron chi connectivity index (χ4n) is 2.83. The van der Waals surface area contributed by atoms with Gasteiger partial charge >= 0.3 is 0 Å². The standard InChI is InChI=1S/C12H22N4O2S/c1-3-5-11-12(13)14-15-16(11)9-6-4-7-10(8-9)19(2,17)18/h9-10H,3-8,13H2,1-2H3. The summed E-state index contributed by atoms with van der Waals surface area (Å²) < 4.78 is 25.3. The van der Waals surface area contributed by atoms with E-state index in [9.17, 15) is 8.42 Å². The van der Waals surface area contributed by atoms with E-state index < -0.39 is 9.84 Å². The molecule has 2 atom stereocenters. The lowest BCUT2D eigenvalue weighted by atomic mass is 9.94. The van der Waals surface area contributed by atoms with Gasteiger partial charge in [-0.3, -0.25) is 0 Å². The number of hydrogen-bond donors (Lipinski definition) is 1. The van der Waals surface area contributed by atoms with Crippen LogP contribution < -0.4 is 5.73 Å². The van der Waals surface area contributed by atoms with Crippen molar-refractivity contribution in [3.8, 4) is 0 Å². The van der Waals surface area contributed by atoms with E-state index in [4.69, 9.17) is 5.73 Å². The number of hydrogen-bond acceptors (Lipinski definition) is 5. The van der Waals surface area contributed by atoms with Gasteiger partial charge in [-0.05, 0) is 25.7 Å². The van der Waals surface area contributed by atoms with Crippen LogP contribution in [0.25, 0.3) is 0 Å². The maximum atomic E-state index is 11.7. The van der Waals surface area contributed by atoms with Crippen LogP contribution in [0.2, 0.25) is 0 Å². The lowest BCUT2D eigenvalue weighted by Gasteiger charge is -2.28. The van der Waals surface area contributed by atoms with Crippen molar-refractivity contribution in [2.45, 2.75) is 56.7 Å². The number of nitrogens with two attached hydrogens (primary N) is 1. The van der Waals surface area contributed by atoms with Gasteiger partial charge in [0.15, 0.2) is 5.82 Å². The zero-order valence-electron chi connectivity index (χ0n) is 11.5. The smallest absolute Gasteiger partial charge is 0.169 e. The second-order valence-corrected chi connectivity index (χ2v) is 7.71. The molecule has 0 aromatic carbocycles. The molecule has 1 saturated carbocycles. The quantitative estimate of drug-likeness (QED) is 0.902. The van der Waals surface area contributed by atoms with Crippen molar-refractivity contribution in [2.75, 3.05) is 12.0 Å². The van der Waals surface area contributed by atoms with Crippen LogP contribution in [0.1, 0.15) is 50.8 Å². The van der Waals surface area contributed by atoms with Crippen molar-refractivity contribution in [2.24, 2.45) is 0 Å². The summed E-state index contributed by atoms with van der Waals surface area (Å²) in [7, 11) is -2.98. The molecule has 2 unspecified atom stereocenters. The Morgan fingerprint density at radius 1 is 1.42 bits per heavy atom. The summed E-state index contributed by atoms with van der Waals surface area (Å²) >= 11 is 0. The Morgan fingerprint density at radius 3 is 2.79 bits per heavy atom. The minimum atomic E-state index is -2.98. The molecule has 7 heteroatoms. The molecule has 0 aliphatic heterocycles. The van der Waals surface area contributed by atoms with Crippen LogP contribution in [-0.4, -0.2) is 34.9 Å². The van der Waals surface area contributed by atoms with E-state index in [2.05, 4.69) is 17.2 Å². The molecule has 0 saturated heterocycles. The normalized spacial score (nSPS) is 24.5. The van der Waals surface area contributed by atoms with E-state index in [1.165, 1.54) is 6.26 Å². The molecule has 1 aliphatic carbocycles. The topological polar surface area (TPSA) is 90.9 Å². The van der Waals surface area contributed by atoms with Crippen molar-refractivity contribution < 1.29 is 8.42 Å². The number of nitrogens with zero attached hydrogens (tertiary/aromatic N) is 3. The maximum absolute atomic E-state index is 11.7. The summed E-state index contributed by atoms with van der Waals surface area (Å²) in [5.41, 5.74) is 6.79. The van der Waals surface area contributed by atoms with Gasteiger partial charge < -0.3 is 5.73 Å². The van der Waals surface area contributed by atoms with E-state index in [-0.39, 0.29) is 11.3 Å². The van der Waals surface area contributed by atoms with Crippen LogP contribution in [0.3, 0.4) is 0 Å². The van der Waals surface area contributed by atoms with E-state index in [0.717, 1.165) is 37.8 Å². The van der Waals surface area contributed by atoms with Gasteiger partial charge in [0.05, 0.1) is 17.0 Å². The number of nitrogen functional groups attached to an aromatic ring is 1. The predicted octanol–water partition coefficient (Wildman–Crippen LogP) is 1.34. The second kappa shape index (κ2) is 5.48. The number of aromatic nitrogens is 3. The largest absolute Gasteiger partial charge is 0.381 e. The van der Waals surface area contributed by atoms with Crippen LogP contribution in [0.4, 0.5) is 5.82 Å². The molecule has 0 radical (unpaired) electrons. The van der Waals surface area contributed by atoms with Crippen LogP contribution in [0, 0.1) is 0 Å². The van der Waals surface area contributed by atoms with E-state index in [0.29, 0.717) is 12.2 Å². The fourth-order valence-corrected chi connectivity index (χ4v) is 4.00. The molecule has 19 heavy (non-hydrogen) atoms. The summed E-state index contributed by atoms with van der Waals surface area (Å²) in [4.78, 5) is 0. The summed E-state index contributed by atoms with van der Waals surface area (Å²) in [5.74, 6) is 0.475. The SMILES string of the molecule is CCCc1c(N)nnn1C1CCCC(S(C)(=O)=O)C1. The molecule has 1 aliphatic rings. The third kappa shape index (κ3) is 3.08. The van der Waals surface area contributed by atoms with Gasteiger partial charge in [0.2, 0.25) is 0 Å². The van der Waals surface area contributed by atoms with E-state index in [1.807, 2.05) is 4.68 Å².